The lowest BCUT2D eigenvalue weighted by Gasteiger charge is -2.21. The molecule has 1 heterocycles. The average Bonchev–Trinajstić information content (AvgIpc) is 2.72. The van der Waals surface area contributed by atoms with Crippen molar-refractivity contribution in [2.75, 3.05) is 26.6 Å². The Balaban J connectivity index is 2.02. The summed E-state index contributed by atoms with van der Waals surface area (Å²) >= 11 is 0. The molecule has 0 aliphatic heterocycles. The third-order valence-corrected chi connectivity index (χ3v) is 3.97. The maximum atomic E-state index is 5.37. The summed E-state index contributed by atoms with van der Waals surface area (Å²) in [5, 5.41) is 3.38. The zero-order valence-electron chi connectivity index (χ0n) is 15.0. The summed E-state index contributed by atoms with van der Waals surface area (Å²) in [7, 11) is 4.88. The van der Waals surface area contributed by atoms with Crippen LogP contribution in [0.1, 0.15) is 17.2 Å². The van der Waals surface area contributed by atoms with Gasteiger partial charge in [-0.25, -0.2) is 4.98 Å². The van der Waals surface area contributed by atoms with E-state index in [2.05, 4.69) is 15.3 Å². The molecule has 6 nitrogen and oxygen atoms in total. The predicted octanol–water partition coefficient (Wildman–Crippen LogP) is 3.70. The molecule has 134 valence electrons. The number of nitrogens with zero attached hydrogens (tertiary/aromatic N) is 2. The smallest absolute Gasteiger partial charge is 0.226 e. The molecule has 3 aromatic rings. The summed E-state index contributed by atoms with van der Waals surface area (Å²) in [5.41, 5.74) is 2.04. The highest BCUT2D eigenvalue weighted by Gasteiger charge is 2.17. The van der Waals surface area contributed by atoms with E-state index in [1.165, 1.54) is 0 Å². The lowest BCUT2D eigenvalue weighted by molar-refractivity contribution is 0.397. The average molecular weight is 351 g/mol. The third kappa shape index (κ3) is 4.03. The van der Waals surface area contributed by atoms with Crippen molar-refractivity contribution in [2.45, 2.75) is 6.04 Å². The van der Waals surface area contributed by atoms with E-state index in [4.69, 9.17) is 14.2 Å². The quantitative estimate of drug-likeness (QED) is 0.700. The van der Waals surface area contributed by atoms with E-state index >= 15 is 0 Å². The van der Waals surface area contributed by atoms with E-state index in [-0.39, 0.29) is 6.04 Å². The van der Waals surface area contributed by atoms with Gasteiger partial charge in [-0.3, -0.25) is 0 Å². The maximum absolute atomic E-state index is 5.37. The largest absolute Gasteiger partial charge is 0.497 e. The number of aromatic nitrogens is 2. The normalized spacial score (nSPS) is 10.5. The van der Waals surface area contributed by atoms with Gasteiger partial charge in [0.25, 0.3) is 0 Å². The minimum absolute atomic E-state index is 0.188. The second-order valence-electron chi connectivity index (χ2n) is 5.55. The van der Waals surface area contributed by atoms with Crippen LogP contribution in [-0.4, -0.2) is 31.3 Å². The van der Waals surface area contributed by atoms with Crippen LogP contribution in [0.15, 0.2) is 60.8 Å². The fourth-order valence-corrected chi connectivity index (χ4v) is 2.66. The Morgan fingerprint density at radius 1 is 0.808 bits per heavy atom. The first-order chi connectivity index (χ1) is 12.7. The number of nitrogens with one attached hydrogen (secondary N) is 1. The van der Waals surface area contributed by atoms with Crippen LogP contribution in [0.5, 0.6) is 17.4 Å². The summed E-state index contributed by atoms with van der Waals surface area (Å²) in [6.45, 7) is 0. The lowest BCUT2D eigenvalue weighted by Crippen LogP contribution is -2.14. The van der Waals surface area contributed by atoms with E-state index in [1.807, 2.05) is 48.5 Å². The summed E-state index contributed by atoms with van der Waals surface area (Å²) < 4.78 is 15.9. The summed E-state index contributed by atoms with van der Waals surface area (Å²) in [6, 6.07) is 17.3. The monoisotopic (exact) mass is 351 g/mol. The van der Waals surface area contributed by atoms with Crippen molar-refractivity contribution < 1.29 is 14.2 Å². The summed E-state index contributed by atoms with van der Waals surface area (Å²) in [6.07, 6.45) is 1.66. The molecule has 0 saturated heterocycles. The van der Waals surface area contributed by atoms with Gasteiger partial charge in [0.05, 0.1) is 27.4 Å². The van der Waals surface area contributed by atoms with Gasteiger partial charge >= 0.3 is 0 Å². The maximum Gasteiger partial charge on any atom is 0.226 e. The number of benzene rings is 2. The fourth-order valence-electron chi connectivity index (χ4n) is 2.66. The van der Waals surface area contributed by atoms with Crippen molar-refractivity contribution in [3.05, 3.63) is 71.9 Å². The number of hydrogen-bond acceptors (Lipinski definition) is 6. The van der Waals surface area contributed by atoms with Crippen LogP contribution in [-0.2, 0) is 0 Å². The number of ether oxygens (including phenoxy) is 3. The molecular formula is C20H21N3O3. The minimum atomic E-state index is -0.188. The van der Waals surface area contributed by atoms with Gasteiger partial charge in [0.2, 0.25) is 11.8 Å². The zero-order chi connectivity index (χ0) is 18.4. The van der Waals surface area contributed by atoms with Gasteiger partial charge in [0.15, 0.2) is 0 Å². The van der Waals surface area contributed by atoms with Gasteiger partial charge in [-0.05, 0) is 35.4 Å². The van der Waals surface area contributed by atoms with Crippen molar-refractivity contribution in [2.24, 2.45) is 0 Å². The van der Waals surface area contributed by atoms with Gasteiger partial charge in [-0.1, -0.05) is 24.3 Å². The molecule has 0 aliphatic rings. The topological polar surface area (TPSA) is 65.5 Å². The van der Waals surface area contributed by atoms with E-state index in [0.717, 1.165) is 22.6 Å². The molecular weight excluding hydrogens is 330 g/mol. The molecule has 0 fully saturated rings. The molecule has 0 radical (unpaired) electrons. The Bertz CT molecular complexity index is 823. The van der Waals surface area contributed by atoms with E-state index in [1.54, 1.807) is 33.6 Å². The molecule has 1 N–H and O–H groups in total. The van der Waals surface area contributed by atoms with Crippen LogP contribution in [0.2, 0.25) is 0 Å². The van der Waals surface area contributed by atoms with Crippen molar-refractivity contribution in [3.8, 4) is 17.4 Å². The first kappa shape index (κ1) is 17.5. The van der Waals surface area contributed by atoms with Crippen molar-refractivity contribution in [1.82, 2.24) is 9.97 Å². The van der Waals surface area contributed by atoms with Gasteiger partial charge in [0, 0.05) is 12.3 Å². The molecule has 6 heteroatoms. The Hall–Kier alpha value is -3.28. The van der Waals surface area contributed by atoms with Crippen LogP contribution in [0.25, 0.3) is 0 Å². The van der Waals surface area contributed by atoms with E-state index < -0.39 is 0 Å². The molecule has 3 rings (SSSR count). The highest BCUT2D eigenvalue weighted by atomic mass is 16.5. The summed E-state index contributed by atoms with van der Waals surface area (Å²) in [5.74, 6) is 2.53. The predicted molar refractivity (Wildman–Crippen MR) is 100 cm³/mol. The highest BCUT2D eigenvalue weighted by Crippen LogP contribution is 2.30. The number of hydrogen-bond donors (Lipinski definition) is 1. The first-order valence-electron chi connectivity index (χ1n) is 8.15. The lowest BCUT2D eigenvalue weighted by atomic mass is 9.98. The van der Waals surface area contributed by atoms with Crippen LogP contribution in [0.3, 0.4) is 0 Å². The number of rotatable bonds is 7. The first-order valence-corrected chi connectivity index (χ1v) is 8.15. The molecule has 0 aliphatic carbocycles. The molecule has 0 spiro atoms. The minimum Gasteiger partial charge on any atom is -0.497 e. The third-order valence-electron chi connectivity index (χ3n) is 3.97. The summed E-state index contributed by atoms with van der Waals surface area (Å²) in [4.78, 5) is 8.66. The van der Waals surface area contributed by atoms with E-state index in [9.17, 15) is 0 Å². The van der Waals surface area contributed by atoms with Crippen LogP contribution < -0.4 is 19.5 Å². The Kier molecular flexibility index (Phi) is 5.53. The van der Waals surface area contributed by atoms with Gasteiger partial charge in [-0.2, -0.15) is 4.98 Å². The molecule has 26 heavy (non-hydrogen) atoms. The van der Waals surface area contributed by atoms with Crippen molar-refractivity contribution >= 4 is 5.95 Å². The molecule has 2 aromatic carbocycles. The van der Waals surface area contributed by atoms with Gasteiger partial charge < -0.3 is 19.5 Å². The fraction of sp³-hybridized carbons (Fsp3) is 0.200. The number of anilines is 1. The SMILES string of the molecule is COc1cccc(C(Nc2nccc(OC)n2)c2cccc(OC)c2)c1. The second-order valence-corrected chi connectivity index (χ2v) is 5.55. The van der Waals surface area contributed by atoms with Crippen LogP contribution in [0.4, 0.5) is 5.95 Å². The van der Waals surface area contributed by atoms with Crippen molar-refractivity contribution in [1.29, 1.82) is 0 Å². The standard InChI is InChI=1S/C20H21N3O3/c1-24-16-8-4-6-14(12-16)19(15-7-5-9-17(13-15)25-2)23-20-21-11-10-18(22-20)26-3/h4-13,19H,1-3H3,(H,21,22,23). The molecule has 0 atom stereocenters. The van der Waals surface area contributed by atoms with Gasteiger partial charge in [0.1, 0.15) is 11.5 Å². The Morgan fingerprint density at radius 3 is 1.96 bits per heavy atom. The molecule has 0 amide bonds. The Labute approximate surface area is 152 Å². The molecule has 1 aromatic heterocycles. The van der Waals surface area contributed by atoms with E-state index in [0.29, 0.717) is 11.8 Å². The van der Waals surface area contributed by atoms with Crippen LogP contribution >= 0.6 is 0 Å². The Morgan fingerprint density at radius 2 is 1.42 bits per heavy atom. The number of methoxy groups -OCH3 is 3. The highest BCUT2D eigenvalue weighted by molar-refractivity contribution is 5.45. The molecule has 0 bridgehead atoms. The van der Waals surface area contributed by atoms with Gasteiger partial charge in [-0.15, -0.1) is 0 Å². The van der Waals surface area contributed by atoms with Crippen LogP contribution in [0, 0.1) is 0 Å². The molecule has 0 saturated carbocycles. The second kappa shape index (κ2) is 8.20. The molecule has 0 unspecified atom stereocenters. The van der Waals surface area contributed by atoms with Crippen molar-refractivity contribution in [3.63, 3.8) is 0 Å². The zero-order valence-corrected chi connectivity index (χ0v) is 15.0.